The Kier molecular flexibility index (Phi) is 7.01. The Hall–Kier alpha value is -2.83. The topological polar surface area (TPSA) is 49.9 Å². The molecule has 0 spiro atoms. The molecule has 2 amide bonds. The SMILES string of the molecule is COc1ccc(C2c3ccsc3CCN2C(=O)CN(C(=O)c2ccccc2Cl)C(C)(C)C)cc1. The molecule has 2 heterocycles. The molecule has 5 nitrogen and oxygen atoms in total. The van der Waals surface area contributed by atoms with Crippen molar-refractivity contribution in [2.24, 2.45) is 0 Å². The zero-order valence-corrected chi connectivity index (χ0v) is 21.4. The fourth-order valence-electron chi connectivity index (χ4n) is 4.35. The van der Waals surface area contributed by atoms with Crippen molar-refractivity contribution in [3.8, 4) is 5.75 Å². The molecular formula is C27H29ClN2O3S. The predicted octanol–water partition coefficient (Wildman–Crippen LogP) is 5.83. The Morgan fingerprint density at radius 3 is 2.47 bits per heavy atom. The van der Waals surface area contributed by atoms with Crippen molar-refractivity contribution in [1.82, 2.24) is 9.80 Å². The summed E-state index contributed by atoms with van der Waals surface area (Å²) in [5, 5.41) is 2.46. The van der Waals surface area contributed by atoms with Crippen LogP contribution in [0.25, 0.3) is 0 Å². The van der Waals surface area contributed by atoms with Gasteiger partial charge in [-0.15, -0.1) is 11.3 Å². The first kappa shape index (κ1) is 24.3. The first-order chi connectivity index (χ1) is 16.2. The van der Waals surface area contributed by atoms with E-state index in [0.717, 1.165) is 23.3 Å². The number of ether oxygens (including phenoxy) is 1. The number of benzene rings is 2. The molecule has 2 aromatic carbocycles. The Bertz CT molecular complexity index is 1180. The lowest BCUT2D eigenvalue weighted by atomic mass is 9.93. The molecule has 0 N–H and O–H groups in total. The summed E-state index contributed by atoms with van der Waals surface area (Å²) in [6.45, 7) is 6.37. The summed E-state index contributed by atoms with van der Waals surface area (Å²) in [5.74, 6) is 0.431. The van der Waals surface area contributed by atoms with Gasteiger partial charge in [-0.25, -0.2) is 0 Å². The molecule has 1 atom stereocenters. The molecule has 7 heteroatoms. The fraction of sp³-hybridized carbons (Fsp3) is 0.333. The van der Waals surface area contributed by atoms with Gasteiger partial charge >= 0.3 is 0 Å². The summed E-state index contributed by atoms with van der Waals surface area (Å²) in [4.78, 5) is 32.1. The number of methoxy groups -OCH3 is 1. The van der Waals surface area contributed by atoms with Crippen LogP contribution in [0.5, 0.6) is 5.75 Å². The van der Waals surface area contributed by atoms with E-state index >= 15 is 0 Å². The number of carbonyl (C=O) groups excluding carboxylic acids is 2. The van der Waals surface area contributed by atoms with E-state index in [1.165, 1.54) is 4.88 Å². The van der Waals surface area contributed by atoms with E-state index in [-0.39, 0.29) is 24.4 Å². The lowest BCUT2D eigenvalue weighted by Crippen LogP contribution is -2.52. The molecule has 1 aromatic heterocycles. The molecule has 0 saturated heterocycles. The van der Waals surface area contributed by atoms with Crippen LogP contribution in [-0.4, -0.2) is 47.4 Å². The number of nitrogens with zero attached hydrogens (tertiary/aromatic N) is 2. The highest BCUT2D eigenvalue weighted by molar-refractivity contribution is 7.10. The third-order valence-electron chi connectivity index (χ3n) is 6.17. The standard InChI is InChI=1S/C27H29ClN2O3S/c1-27(2,3)30(26(32)20-7-5-6-8-22(20)28)17-24(31)29-15-13-23-21(14-16-34-23)25(29)18-9-11-19(33-4)12-10-18/h5-12,14,16,25H,13,15,17H2,1-4H3. The second kappa shape index (κ2) is 9.80. The Morgan fingerprint density at radius 1 is 1.12 bits per heavy atom. The van der Waals surface area contributed by atoms with E-state index < -0.39 is 5.54 Å². The maximum absolute atomic E-state index is 13.8. The summed E-state index contributed by atoms with van der Waals surface area (Å²) >= 11 is 8.04. The Morgan fingerprint density at radius 2 is 1.82 bits per heavy atom. The second-order valence-electron chi connectivity index (χ2n) is 9.35. The van der Waals surface area contributed by atoms with Crippen LogP contribution in [0.1, 0.15) is 53.2 Å². The van der Waals surface area contributed by atoms with E-state index in [2.05, 4.69) is 11.4 Å². The monoisotopic (exact) mass is 496 g/mol. The minimum absolute atomic E-state index is 0.0281. The molecule has 3 aromatic rings. The number of carbonyl (C=O) groups is 2. The second-order valence-corrected chi connectivity index (χ2v) is 10.8. The average Bonchev–Trinajstić information content (AvgIpc) is 3.30. The van der Waals surface area contributed by atoms with Crippen molar-refractivity contribution in [3.05, 3.63) is 86.6 Å². The van der Waals surface area contributed by atoms with Crippen molar-refractivity contribution in [2.75, 3.05) is 20.2 Å². The van der Waals surface area contributed by atoms with Gasteiger partial charge in [0.15, 0.2) is 0 Å². The van der Waals surface area contributed by atoms with Crippen LogP contribution in [0.2, 0.25) is 5.02 Å². The van der Waals surface area contributed by atoms with Crippen LogP contribution >= 0.6 is 22.9 Å². The normalized spacial score (nSPS) is 15.6. The van der Waals surface area contributed by atoms with Crippen LogP contribution in [0.4, 0.5) is 0 Å². The first-order valence-corrected chi connectivity index (χ1v) is 12.5. The van der Waals surface area contributed by atoms with Crippen molar-refractivity contribution in [2.45, 2.75) is 38.8 Å². The third kappa shape index (κ3) is 4.84. The smallest absolute Gasteiger partial charge is 0.256 e. The zero-order valence-electron chi connectivity index (χ0n) is 19.9. The lowest BCUT2D eigenvalue weighted by molar-refractivity contribution is -0.135. The largest absolute Gasteiger partial charge is 0.497 e. The van der Waals surface area contributed by atoms with Gasteiger partial charge in [0.25, 0.3) is 5.91 Å². The van der Waals surface area contributed by atoms with Crippen molar-refractivity contribution >= 4 is 34.8 Å². The highest BCUT2D eigenvalue weighted by Crippen LogP contribution is 2.38. The van der Waals surface area contributed by atoms with Crippen molar-refractivity contribution in [1.29, 1.82) is 0 Å². The molecule has 0 bridgehead atoms. The number of halogens is 1. The van der Waals surface area contributed by atoms with Gasteiger partial charge in [-0.3, -0.25) is 9.59 Å². The van der Waals surface area contributed by atoms with E-state index in [0.29, 0.717) is 17.1 Å². The summed E-state index contributed by atoms with van der Waals surface area (Å²) in [6.07, 6.45) is 0.805. The molecule has 178 valence electrons. The third-order valence-corrected chi connectivity index (χ3v) is 7.50. The number of amides is 2. The summed E-state index contributed by atoms with van der Waals surface area (Å²) < 4.78 is 5.32. The van der Waals surface area contributed by atoms with E-state index in [1.807, 2.05) is 49.9 Å². The van der Waals surface area contributed by atoms with Gasteiger partial charge in [0.2, 0.25) is 5.91 Å². The molecule has 0 radical (unpaired) electrons. The zero-order chi connectivity index (χ0) is 24.5. The minimum Gasteiger partial charge on any atom is -0.497 e. The molecule has 0 fully saturated rings. The fourth-order valence-corrected chi connectivity index (χ4v) is 5.47. The van der Waals surface area contributed by atoms with Crippen molar-refractivity contribution < 1.29 is 14.3 Å². The van der Waals surface area contributed by atoms with Gasteiger partial charge < -0.3 is 14.5 Å². The van der Waals surface area contributed by atoms with Crippen LogP contribution < -0.4 is 4.74 Å². The predicted molar refractivity (Wildman–Crippen MR) is 137 cm³/mol. The maximum Gasteiger partial charge on any atom is 0.256 e. The molecule has 1 aliphatic heterocycles. The van der Waals surface area contributed by atoms with Gasteiger partial charge in [0.1, 0.15) is 12.3 Å². The molecule has 4 rings (SSSR count). The molecule has 0 aliphatic carbocycles. The lowest BCUT2D eigenvalue weighted by Gasteiger charge is -2.40. The highest BCUT2D eigenvalue weighted by Gasteiger charge is 2.36. The number of thiophene rings is 1. The van der Waals surface area contributed by atoms with Crippen LogP contribution in [0.15, 0.2) is 60.0 Å². The number of rotatable bonds is 5. The molecule has 1 aliphatic rings. The summed E-state index contributed by atoms with van der Waals surface area (Å²) in [7, 11) is 1.64. The van der Waals surface area contributed by atoms with E-state index in [1.54, 1.807) is 47.6 Å². The number of hydrogen-bond donors (Lipinski definition) is 0. The summed E-state index contributed by atoms with van der Waals surface area (Å²) in [6, 6.07) is 16.7. The average molecular weight is 497 g/mol. The maximum atomic E-state index is 13.8. The number of hydrogen-bond acceptors (Lipinski definition) is 4. The van der Waals surface area contributed by atoms with Crippen molar-refractivity contribution in [3.63, 3.8) is 0 Å². The molecule has 0 saturated carbocycles. The van der Waals surface area contributed by atoms with Gasteiger partial charge in [0.05, 0.1) is 23.7 Å². The van der Waals surface area contributed by atoms with E-state index in [4.69, 9.17) is 16.3 Å². The quantitative estimate of drug-likeness (QED) is 0.447. The summed E-state index contributed by atoms with van der Waals surface area (Å²) in [5.41, 5.74) is 2.00. The Balaban J connectivity index is 1.66. The molecule has 1 unspecified atom stereocenters. The van der Waals surface area contributed by atoms with Gasteiger partial charge in [-0.05, 0) is 74.0 Å². The number of fused-ring (bicyclic) bond motifs is 1. The Labute approximate surface area is 209 Å². The minimum atomic E-state index is -0.565. The highest BCUT2D eigenvalue weighted by atomic mass is 35.5. The molecule has 34 heavy (non-hydrogen) atoms. The van der Waals surface area contributed by atoms with Gasteiger partial charge in [0, 0.05) is 17.0 Å². The van der Waals surface area contributed by atoms with E-state index in [9.17, 15) is 9.59 Å². The van der Waals surface area contributed by atoms with Gasteiger partial charge in [-0.2, -0.15) is 0 Å². The van der Waals surface area contributed by atoms with Crippen LogP contribution in [0.3, 0.4) is 0 Å². The van der Waals surface area contributed by atoms with Crippen LogP contribution in [-0.2, 0) is 11.2 Å². The molecular weight excluding hydrogens is 468 g/mol. The van der Waals surface area contributed by atoms with Gasteiger partial charge in [-0.1, -0.05) is 35.9 Å². The van der Waals surface area contributed by atoms with Crippen LogP contribution in [0, 0.1) is 0 Å². The first-order valence-electron chi connectivity index (χ1n) is 11.3.